The Kier molecular flexibility index (Phi) is 5.81. The molecular formula is C13H19N3O3. The predicted molar refractivity (Wildman–Crippen MR) is 73.1 cm³/mol. The van der Waals surface area contributed by atoms with Gasteiger partial charge in [-0.1, -0.05) is 17.3 Å². The highest BCUT2D eigenvalue weighted by Gasteiger charge is 2.17. The van der Waals surface area contributed by atoms with Crippen molar-refractivity contribution >= 4 is 17.4 Å². The Balaban J connectivity index is 2.69. The SMILES string of the molecule is CC(C(=O)Nc1cccc(CCCO)c1)/C(N)=N/O. The summed E-state index contributed by atoms with van der Waals surface area (Å²) < 4.78 is 0. The molecule has 1 aromatic rings. The lowest BCUT2D eigenvalue weighted by atomic mass is 10.1. The predicted octanol–water partition coefficient (Wildman–Crippen LogP) is 0.932. The van der Waals surface area contributed by atoms with Crippen LogP contribution in [0.1, 0.15) is 18.9 Å². The molecule has 0 bridgehead atoms. The van der Waals surface area contributed by atoms with Crippen LogP contribution in [0.2, 0.25) is 0 Å². The number of hydrogen-bond donors (Lipinski definition) is 4. The van der Waals surface area contributed by atoms with Crippen molar-refractivity contribution in [2.24, 2.45) is 16.8 Å². The Hall–Kier alpha value is -2.08. The normalized spacial score (nSPS) is 13.1. The van der Waals surface area contributed by atoms with Crippen LogP contribution in [0.3, 0.4) is 0 Å². The van der Waals surface area contributed by atoms with Crippen molar-refractivity contribution in [1.29, 1.82) is 0 Å². The van der Waals surface area contributed by atoms with E-state index in [-0.39, 0.29) is 18.3 Å². The number of nitrogens with two attached hydrogens (primary N) is 1. The van der Waals surface area contributed by atoms with Crippen molar-refractivity contribution in [2.75, 3.05) is 11.9 Å². The molecule has 0 saturated heterocycles. The molecule has 0 heterocycles. The van der Waals surface area contributed by atoms with E-state index in [9.17, 15) is 4.79 Å². The number of carbonyl (C=O) groups excluding carboxylic acids is 1. The molecule has 1 amide bonds. The third kappa shape index (κ3) is 4.59. The van der Waals surface area contributed by atoms with E-state index >= 15 is 0 Å². The standard InChI is InChI=1S/C13H19N3O3/c1-9(12(14)16-19)13(18)15-11-6-2-4-10(8-11)5-3-7-17/h2,4,6,8-9,17,19H,3,5,7H2,1H3,(H2,14,16)(H,15,18). The highest BCUT2D eigenvalue weighted by Crippen LogP contribution is 2.13. The number of carbonyl (C=O) groups is 1. The molecule has 0 aromatic heterocycles. The van der Waals surface area contributed by atoms with Gasteiger partial charge in [0.15, 0.2) is 5.84 Å². The van der Waals surface area contributed by atoms with Gasteiger partial charge in [-0.15, -0.1) is 0 Å². The Labute approximate surface area is 111 Å². The number of amidine groups is 1. The molecule has 6 nitrogen and oxygen atoms in total. The maximum atomic E-state index is 11.8. The summed E-state index contributed by atoms with van der Waals surface area (Å²) in [5, 5.41) is 22.8. The van der Waals surface area contributed by atoms with Crippen LogP contribution >= 0.6 is 0 Å². The Morgan fingerprint density at radius 1 is 1.53 bits per heavy atom. The number of benzene rings is 1. The van der Waals surface area contributed by atoms with E-state index in [1.807, 2.05) is 18.2 Å². The minimum Gasteiger partial charge on any atom is -0.409 e. The Bertz CT molecular complexity index is 460. The van der Waals surface area contributed by atoms with Crippen molar-refractivity contribution in [1.82, 2.24) is 0 Å². The monoisotopic (exact) mass is 265 g/mol. The smallest absolute Gasteiger partial charge is 0.234 e. The fraction of sp³-hybridized carbons (Fsp3) is 0.385. The van der Waals surface area contributed by atoms with Crippen LogP contribution in [0.5, 0.6) is 0 Å². The van der Waals surface area contributed by atoms with Crippen molar-refractivity contribution in [3.8, 4) is 0 Å². The molecule has 1 unspecified atom stereocenters. The van der Waals surface area contributed by atoms with Crippen molar-refractivity contribution in [2.45, 2.75) is 19.8 Å². The quantitative estimate of drug-likeness (QED) is 0.265. The molecule has 104 valence electrons. The van der Waals surface area contributed by atoms with Gasteiger partial charge < -0.3 is 21.4 Å². The summed E-state index contributed by atoms with van der Waals surface area (Å²) in [6.45, 7) is 1.69. The van der Waals surface area contributed by atoms with Gasteiger partial charge in [0.25, 0.3) is 0 Å². The average molecular weight is 265 g/mol. The first-order valence-electron chi connectivity index (χ1n) is 6.06. The molecule has 1 rings (SSSR count). The molecule has 0 saturated carbocycles. The lowest BCUT2D eigenvalue weighted by molar-refractivity contribution is -0.117. The van der Waals surface area contributed by atoms with Crippen LogP contribution in [0.15, 0.2) is 29.4 Å². The number of aryl methyl sites for hydroxylation is 1. The number of hydrogen-bond acceptors (Lipinski definition) is 4. The number of rotatable bonds is 6. The molecule has 0 radical (unpaired) electrons. The summed E-state index contributed by atoms with van der Waals surface area (Å²) in [5.41, 5.74) is 7.06. The molecule has 0 aliphatic carbocycles. The van der Waals surface area contributed by atoms with E-state index in [4.69, 9.17) is 16.0 Å². The second-order valence-corrected chi connectivity index (χ2v) is 4.26. The first-order valence-corrected chi connectivity index (χ1v) is 6.06. The third-order valence-corrected chi connectivity index (χ3v) is 2.77. The van der Waals surface area contributed by atoms with Gasteiger partial charge in [-0.3, -0.25) is 4.79 Å². The zero-order valence-electron chi connectivity index (χ0n) is 10.8. The molecule has 1 atom stereocenters. The van der Waals surface area contributed by atoms with Crippen molar-refractivity contribution in [3.63, 3.8) is 0 Å². The summed E-state index contributed by atoms with van der Waals surface area (Å²) in [5.74, 6) is -1.17. The zero-order valence-corrected chi connectivity index (χ0v) is 10.8. The van der Waals surface area contributed by atoms with Gasteiger partial charge in [-0.2, -0.15) is 0 Å². The van der Waals surface area contributed by atoms with Crippen LogP contribution in [-0.4, -0.2) is 28.7 Å². The van der Waals surface area contributed by atoms with E-state index in [1.165, 1.54) is 0 Å². The topological polar surface area (TPSA) is 108 Å². The number of aliphatic hydroxyl groups excluding tert-OH is 1. The maximum Gasteiger partial charge on any atom is 0.234 e. The molecule has 1 aromatic carbocycles. The summed E-state index contributed by atoms with van der Waals surface area (Å²) in [7, 11) is 0. The van der Waals surface area contributed by atoms with Crippen LogP contribution in [-0.2, 0) is 11.2 Å². The lowest BCUT2D eigenvalue weighted by Gasteiger charge is -2.11. The highest BCUT2D eigenvalue weighted by atomic mass is 16.4. The second-order valence-electron chi connectivity index (χ2n) is 4.26. The zero-order chi connectivity index (χ0) is 14.3. The molecule has 0 aliphatic heterocycles. The molecule has 0 spiro atoms. The number of nitrogens with one attached hydrogen (secondary N) is 1. The van der Waals surface area contributed by atoms with E-state index < -0.39 is 5.92 Å². The number of amides is 1. The number of anilines is 1. The summed E-state index contributed by atoms with van der Waals surface area (Å²) in [4.78, 5) is 11.8. The second kappa shape index (κ2) is 7.38. The van der Waals surface area contributed by atoms with Gasteiger partial charge in [0, 0.05) is 12.3 Å². The third-order valence-electron chi connectivity index (χ3n) is 2.77. The van der Waals surface area contributed by atoms with Gasteiger partial charge in [0.1, 0.15) is 0 Å². The van der Waals surface area contributed by atoms with Gasteiger partial charge in [-0.05, 0) is 37.5 Å². The fourth-order valence-corrected chi connectivity index (χ4v) is 1.56. The minimum atomic E-state index is -0.703. The van der Waals surface area contributed by atoms with Crippen LogP contribution in [0.4, 0.5) is 5.69 Å². The van der Waals surface area contributed by atoms with E-state index in [1.54, 1.807) is 13.0 Å². The van der Waals surface area contributed by atoms with Gasteiger partial charge in [0.05, 0.1) is 5.92 Å². The average Bonchev–Trinajstić information content (AvgIpc) is 2.43. The fourth-order valence-electron chi connectivity index (χ4n) is 1.56. The van der Waals surface area contributed by atoms with Crippen molar-refractivity contribution in [3.05, 3.63) is 29.8 Å². The first-order chi connectivity index (χ1) is 9.08. The van der Waals surface area contributed by atoms with Crippen molar-refractivity contribution < 1.29 is 15.1 Å². The van der Waals surface area contributed by atoms with Gasteiger partial charge in [0.2, 0.25) is 5.91 Å². The van der Waals surface area contributed by atoms with E-state index in [0.717, 1.165) is 12.0 Å². The first kappa shape index (κ1) is 15.0. The number of nitrogens with zero attached hydrogens (tertiary/aromatic N) is 1. The van der Waals surface area contributed by atoms with Crippen LogP contribution in [0, 0.1) is 5.92 Å². The summed E-state index contributed by atoms with van der Waals surface area (Å²) >= 11 is 0. The maximum absolute atomic E-state index is 11.8. The molecule has 0 aliphatic rings. The van der Waals surface area contributed by atoms with Crippen LogP contribution in [0.25, 0.3) is 0 Å². The minimum absolute atomic E-state index is 0.131. The Morgan fingerprint density at radius 2 is 2.26 bits per heavy atom. The number of oxime groups is 1. The van der Waals surface area contributed by atoms with E-state index in [2.05, 4.69) is 10.5 Å². The lowest BCUT2D eigenvalue weighted by Crippen LogP contribution is -2.32. The molecule has 19 heavy (non-hydrogen) atoms. The summed E-state index contributed by atoms with van der Waals surface area (Å²) in [6, 6.07) is 7.36. The molecule has 5 N–H and O–H groups in total. The molecular weight excluding hydrogens is 246 g/mol. The largest absolute Gasteiger partial charge is 0.409 e. The van der Waals surface area contributed by atoms with E-state index in [0.29, 0.717) is 12.1 Å². The molecule has 0 fully saturated rings. The number of aliphatic hydroxyl groups is 1. The highest BCUT2D eigenvalue weighted by molar-refractivity contribution is 6.07. The van der Waals surface area contributed by atoms with Gasteiger partial charge in [-0.25, -0.2) is 0 Å². The van der Waals surface area contributed by atoms with Gasteiger partial charge >= 0.3 is 0 Å². The van der Waals surface area contributed by atoms with Crippen LogP contribution < -0.4 is 11.1 Å². The summed E-state index contributed by atoms with van der Waals surface area (Å²) in [6.07, 6.45) is 1.42. The Morgan fingerprint density at radius 3 is 2.89 bits per heavy atom. The molecule has 6 heteroatoms.